The molecule has 2 rings (SSSR count). The van der Waals surface area contributed by atoms with E-state index in [1.165, 1.54) is 0 Å². The highest BCUT2D eigenvalue weighted by atomic mass is 19.3. The molecule has 0 amide bonds. The van der Waals surface area contributed by atoms with Gasteiger partial charge in [-0.2, -0.15) is 8.78 Å². The number of hydrogen-bond acceptors (Lipinski definition) is 4. The first kappa shape index (κ1) is 13.9. The predicted octanol–water partition coefficient (Wildman–Crippen LogP) is 2.01. The van der Waals surface area contributed by atoms with E-state index in [0.717, 1.165) is 25.2 Å². The van der Waals surface area contributed by atoms with Gasteiger partial charge in [0.25, 0.3) is 0 Å². The van der Waals surface area contributed by atoms with Gasteiger partial charge in [0.15, 0.2) is 5.75 Å². The molecule has 1 aromatic rings. The van der Waals surface area contributed by atoms with Crippen LogP contribution < -0.4 is 15.4 Å². The Labute approximate surface area is 111 Å². The van der Waals surface area contributed by atoms with Crippen molar-refractivity contribution >= 4 is 11.4 Å². The highest BCUT2D eigenvalue weighted by Gasteiger charge is 2.24. The van der Waals surface area contributed by atoms with Crippen molar-refractivity contribution in [1.29, 1.82) is 0 Å². The number of nitrogen functional groups attached to an aromatic ring is 1. The molecule has 0 saturated carbocycles. The average molecular weight is 271 g/mol. The van der Waals surface area contributed by atoms with Crippen LogP contribution in [0.1, 0.15) is 6.42 Å². The monoisotopic (exact) mass is 271 g/mol. The minimum atomic E-state index is -2.86. The third-order valence-corrected chi connectivity index (χ3v) is 3.47. The third-order valence-electron chi connectivity index (χ3n) is 3.47. The van der Waals surface area contributed by atoms with E-state index in [-0.39, 0.29) is 11.4 Å². The van der Waals surface area contributed by atoms with Gasteiger partial charge in [0.1, 0.15) is 0 Å². The van der Waals surface area contributed by atoms with Gasteiger partial charge < -0.3 is 20.3 Å². The molecule has 0 aliphatic carbocycles. The number of alkyl halides is 2. The van der Waals surface area contributed by atoms with Crippen LogP contribution in [0.15, 0.2) is 18.2 Å². The van der Waals surface area contributed by atoms with Gasteiger partial charge in [-0.3, -0.25) is 0 Å². The zero-order valence-electron chi connectivity index (χ0n) is 11.1. The van der Waals surface area contributed by atoms with E-state index in [1.807, 2.05) is 20.2 Å². The van der Waals surface area contributed by atoms with Gasteiger partial charge in [-0.1, -0.05) is 0 Å². The lowest BCUT2D eigenvalue weighted by molar-refractivity contribution is -0.0493. The Hall–Kier alpha value is -1.56. The van der Waals surface area contributed by atoms with Gasteiger partial charge >= 0.3 is 6.61 Å². The lowest BCUT2D eigenvalue weighted by Crippen LogP contribution is -2.31. The standard InChI is InChI=1S/C13H19F2N3O/c1-17(2)10-5-6-18(8-10)9-3-4-11(16)12(7-9)19-13(14)15/h3-4,7,10,13H,5-6,8,16H2,1-2H3/t10-/m1/s1. The Balaban J connectivity index is 2.13. The molecule has 0 aromatic heterocycles. The number of hydrogen-bond donors (Lipinski definition) is 1. The number of nitrogens with two attached hydrogens (primary N) is 1. The van der Waals surface area contributed by atoms with Crippen molar-refractivity contribution in [3.8, 4) is 5.75 Å². The smallest absolute Gasteiger partial charge is 0.387 e. The highest BCUT2D eigenvalue weighted by molar-refractivity contribution is 5.62. The average Bonchev–Trinajstić information content (AvgIpc) is 2.81. The van der Waals surface area contributed by atoms with Crippen molar-refractivity contribution in [2.75, 3.05) is 37.8 Å². The first-order valence-corrected chi connectivity index (χ1v) is 6.23. The van der Waals surface area contributed by atoms with E-state index in [1.54, 1.807) is 12.1 Å². The summed E-state index contributed by atoms with van der Waals surface area (Å²) in [6.07, 6.45) is 1.06. The van der Waals surface area contributed by atoms with Crippen LogP contribution in [-0.4, -0.2) is 44.7 Å². The van der Waals surface area contributed by atoms with E-state index < -0.39 is 6.61 Å². The summed E-state index contributed by atoms with van der Waals surface area (Å²) < 4.78 is 29.0. The molecule has 1 aliphatic rings. The maximum atomic E-state index is 12.3. The number of halogens is 2. The van der Waals surface area contributed by atoms with E-state index in [0.29, 0.717) is 6.04 Å². The second kappa shape index (κ2) is 5.61. The van der Waals surface area contributed by atoms with Crippen LogP contribution in [0.3, 0.4) is 0 Å². The lowest BCUT2D eigenvalue weighted by Gasteiger charge is -2.22. The SMILES string of the molecule is CN(C)[C@@H]1CCN(c2ccc(N)c(OC(F)F)c2)C1. The molecule has 1 aliphatic heterocycles. The Morgan fingerprint density at radius 1 is 1.42 bits per heavy atom. The molecule has 106 valence electrons. The quantitative estimate of drug-likeness (QED) is 0.851. The van der Waals surface area contributed by atoms with Crippen LogP contribution in [0, 0.1) is 0 Å². The molecule has 1 aromatic carbocycles. The topological polar surface area (TPSA) is 41.7 Å². The minimum Gasteiger partial charge on any atom is -0.433 e. The van der Waals surface area contributed by atoms with Crippen LogP contribution in [-0.2, 0) is 0 Å². The molecule has 0 unspecified atom stereocenters. The fourth-order valence-electron chi connectivity index (χ4n) is 2.32. The fraction of sp³-hybridized carbons (Fsp3) is 0.538. The van der Waals surface area contributed by atoms with Crippen molar-refractivity contribution in [3.05, 3.63) is 18.2 Å². The van der Waals surface area contributed by atoms with Crippen LogP contribution in [0.4, 0.5) is 20.2 Å². The van der Waals surface area contributed by atoms with Gasteiger partial charge in [0.2, 0.25) is 0 Å². The molecule has 0 spiro atoms. The Morgan fingerprint density at radius 3 is 2.74 bits per heavy atom. The summed E-state index contributed by atoms with van der Waals surface area (Å²) in [5, 5.41) is 0. The lowest BCUT2D eigenvalue weighted by atomic mass is 10.2. The van der Waals surface area contributed by atoms with Crippen molar-refractivity contribution in [2.24, 2.45) is 0 Å². The van der Waals surface area contributed by atoms with Crippen LogP contribution >= 0.6 is 0 Å². The Kier molecular flexibility index (Phi) is 4.09. The van der Waals surface area contributed by atoms with Gasteiger partial charge in [-0.05, 0) is 32.6 Å². The van der Waals surface area contributed by atoms with Crippen molar-refractivity contribution in [3.63, 3.8) is 0 Å². The number of ether oxygens (including phenoxy) is 1. The summed E-state index contributed by atoms with van der Waals surface area (Å²) in [5.41, 5.74) is 6.73. The van der Waals surface area contributed by atoms with E-state index in [9.17, 15) is 8.78 Å². The molecular weight excluding hydrogens is 252 g/mol. The van der Waals surface area contributed by atoms with Crippen molar-refractivity contribution in [2.45, 2.75) is 19.1 Å². The number of likely N-dealkylation sites (N-methyl/N-ethyl adjacent to an activating group) is 1. The van der Waals surface area contributed by atoms with Crippen LogP contribution in [0.25, 0.3) is 0 Å². The van der Waals surface area contributed by atoms with Crippen molar-refractivity contribution in [1.82, 2.24) is 4.90 Å². The zero-order valence-corrected chi connectivity index (χ0v) is 11.1. The van der Waals surface area contributed by atoms with E-state index >= 15 is 0 Å². The maximum Gasteiger partial charge on any atom is 0.387 e. The zero-order chi connectivity index (χ0) is 14.0. The molecule has 0 bridgehead atoms. The van der Waals surface area contributed by atoms with Gasteiger partial charge in [0.05, 0.1) is 5.69 Å². The summed E-state index contributed by atoms with van der Waals surface area (Å²) >= 11 is 0. The largest absolute Gasteiger partial charge is 0.433 e. The summed E-state index contributed by atoms with van der Waals surface area (Å²) in [4.78, 5) is 4.33. The molecule has 1 fully saturated rings. The second-order valence-corrected chi connectivity index (χ2v) is 4.95. The normalized spacial score (nSPS) is 19.5. The molecule has 1 heterocycles. The van der Waals surface area contributed by atoms with Gasteiger partial charge in [0, 0.05) is 30.9 Å². The molecule has 0 radical (unpaired) electrons. The highest BCUT2D eigenvalue weighted by Crippen LogP contribution is 2.31. The predicted molar refractivity (Wildman–Crippen MR) is 71.8 cm³/mol. The summed E-state index contributed by atoms with van der Waals surface area (Å²) in [6.45, 7) is -1.07. The first-order chi connectivity index (χ1) is 8.97. The molecular formula is C13H19F2N3O. The molecule has 1 saturated heterocycles. The van der Waals surface area contributed by atoms with Gasteiger partial charge in [-0.15, -0.1) is 0 Å². The Morgan fingerprint density at radius 2 is 2.16 bits per heavy atom. The van der Waals surface area contributed by atoms with Crippen LogP contribution in [0.5, 0.6) is 5.75 Å². The van der Waals surface area contributed by atoms with E-state index in [2.05, 4.69) is 14.5 Å². The number of anilines is 2. The molecule has 2 N–H and O–H groups in total. The molecule has 19 heavy (non-hydrogen) atoms. The third kappa shape index (κ3) is 3.26. The van der Waals surface area contributed by atoms with Crippen LogP contribution in [0.2, 0.25) is 0 Å². The Bertz CT molecular complexity index is 440. The van der Waals surface area contributed by atoms with E-state index in [4.69, 9.17) is 5.73 Å². The minimum absolute atomic E-state index is 0.0424. The molecule has 4 nitrogen and oxygen atoms in total. The van der Waals surface area contributed by atoms with Crippen molar-refractivity contribution < 1.29 is 13.5 Å². The fourth-order valence-corrected chi connectivity index (χ4v) is 2.32. The van der Waals surface area contributed by atoms with Gasteiger partial charge in [-0.25, -0.2) is 0 Å². The number of rotatable bonds is 4. The summed E-state index contributed by atoms with van der Waals surface area (Å²) in [5.74, 6) is 0.0424. The maximum absolute atomic E-state index is 12.3. The second-order valence-electron chi connectivity index (χ2n) is 4.95. The number of benzene rings is 1. The summed E-state index contributed by atoms with van der Waals surface area (Å²) in [7, 11) is 4.09. The number of nitrogens with zero attached hydrogens (tertiary/aromatic N) is 2. The molecule has 6 heteroatoms. The summed E-state index contributed by atoms with van der Waals surface area (Å²) in [6, 6.07) is 5.51. The first-order valence-electron chi connectivity index (χ1n) is 6.23. The molecule has 1 atom stereocenters.